The molecule has 0 aliphatic carbocycles. The fraction of sp³-hybridized carbons (Fsp3) is 0.160. The van der Waals surface area contributed by atoms with Crippen molar-refractivity contribution in [2.24, 2.45) is 5.41 Å². The number of carbonyl (C=O) groups is 1. The normalized spacial score (nSPS) is 25.1. The highest BCUT2D eigenvalue weighted by molar-refractivity contribution is 7.08. The second-order valence-electron chi connectivity index (χ2n) is 7.87. The molecule has 4 nitrogen and oxygen atoms in total. The number of fused-ring (bicyclic) bond motifs is 3. The minimum absolute atomic E-state index is 0.201. The Morgan fingerprint density at radius 1 is 1.06 bits per heavy atom. The Morgan fingerprint density at radius 3 is 2.48 bits per heavy atom. The number of nitriles is 2. The molecule has 3 heterocycles. The number of halogens is 1. The van der Waals surface area contributed by atoms with Crippen LogP contribution < -0.4 is 4.90 Å². The summed E-state index contributed by atoms with van der Waals surface area (Å²) in [6, 6.07) is 18.5. The van der Waals surface area contributed by atoms with Crippen LogP contribution in [0.25, 0.3) is 6.08 Å². The molecule has 0 bridgehead atoms. The van der Waals surface area contributed by atoms with Crippen LogP contribution in [0.5, 0.6) is 0 Å². The van der Waals surface area contributed by atoms with E-state index in [1.807, 2.05) is 53.4 Å². The summed E-state index contributed by atoms with van der Waals surface area (Å²) in [6.45, 7) is 0. The average molecular weight is 426 g/mol. The van der Waals surface area contributed by atoms with Gasteiger partial charge in [-0.05, 0) is 58.3 Å². The van der Waals surface area contributed by atoms with Gasteiger partial charge in [0.2, 0.25) is 11.2 Å². The van der Waals surface area contributed by atoms with E-state index < -0.39 is 29.2 Å². The summed E-state index contributed by atoms with van der Waals surface area (Å²) in [4.78, 5) is 14.5. The lowest BCUT2D eigenvalue weighted by Crippen LogP contribution is -3.11. The first kappa shape index (κ1) is 19.4. The molecular formula is C25H17FN3OS+. The maximum atomic E-state index is 13.8. The fourth-order valence-corrected chi connectivity index (χ4v) is 5.81. The maximum absolute atomic E-state index is 13.8. The molecule has 0 radical (unpaired) electrons. The van der Waals surface area contributed by atoms with Gasteiger partial charge in [-0.1, -0.05) is 24.3 Å². The number of quaternary nitrogens is 1. The van der Waals surface area contributed by atoms with Gasteiger partial charge in [-0.25, -0.2) is 4.39 Å². The van der Waals surface area contributed by atoms with Crippen LogP contribution in [0.15, 0.2) is 71.6 Å². The van der Waals surface area contributed by atoms with Crippen molar-refractivity contribution in [2.45, 2.75) is 18.0 Å². The third-order valence-electron chi connectivity index (χ3n) is 6.42. The van der Waals surface area contributed by atoms with E-state index in [0.29, 0.717) is 5.56 Å². The first-order valence-electron chi connectivity index (χ1n) is 9.89. The van der Waals surface area contributed by atoms with Crippen molar-refractivity contribution in [3.63, 3.8) is 0 Å². The topological polar surface area (TPSA) is 69.1 Å². The molecule has 0 amide bonds. The summed E-state index contributed by atoms with van der Waals surface area (Å²) in [5.74, 6) is -1.24. The maximum Gasteiger partial charge on any atom is 0.221 e. The van der Waals surface area contributed by atoms with E-state index in [4.69, 9.17) is 0 Å². The van der Waals surface area contributed by atoms with Crippen LogP contribution in [0.3, 0.4) is 0 Å². The molecule has 6 heteroatoms. The molecule has 31 heavy (non-hydrogen) atoms. The zero-order valence-electron chi connectivity index (χ0n) is 16.3. The summed E-state index contributed by atoms with van der Waals surface area (Å²) in [5.41, 5.74) is 1.58. The molecule has 4 atom stereocenters. The van der Waals surface area contributed by atoms with E-state index in [2.05, 4.69) is 12.1 Å². The molecule has 1 fully saturated rings. The van der Waals surface area contributed by atoms with Crippen molar-refractivity contribution in [3.8, 4) is 12.1 Å². The quantitative estimate of drug-likeness (QED) is 0.647. The summed E-state index contributed by atoms with van der Waals surface area (Å²) >= 11 is 1.47. The number of hydrogen-bond acceptors (Lipinski definition) is 4. The van der Waals surface area contributed by atoms with E-state index in [1.54, 1.807) is 0 Å². The Morgan fingerprint density at radius 2 is 1.81 bits per heavy atom. The highest BCUT2D eigenvalue weighted by Crippen LogP contribution is 2.52. The van der Waals surface area contributed by atoms with E-state index in [0.717, 1.165) is 21.6 Å². The monoisotopic (exact) mass is 426 g/mol. The summed E-state index contributed by atoms with van der Waals surface area (Å²) < 4.78 is 13.5. The standard InChI is InChI=1S/C25H16FN3OS/c26-19-7-5-17(6-8-19)23(30)22-21(18-10-12-31-13-18)25(14-27,15-28)24-20-4-2-1-3-16(20)9-11-29(22)24/h1-13,21-22,24H/p+1/t21-,22+,24-/m0/s1. The van der Waals surface area contributed by atoms with E-state index in [9.17, 15) is 19.7 Å². The lowest BCUT2D eigenvalue weighted by atomic mass is 9.68. The SMILES string of the molecule is N#CC1(C#N)[C@@H]2c3ccccc3C=C[NH+]2[C@@H](C(=O)c2ccc(F)cc2)[C@@H]1c1ccsc1. The first-order chi connectivity index (χ1) is 15.1. The first-order valence-corrected chi connectivity index (χ1v) is 10.8. The molecule has 2 aromatic carbocycles. The lowest BCUT2D eigenvalue weighted by Gasteiger charge is -2.29. The van der Waals surface area contributed by atoms with Gasteiger partial charge in [0.05, 0.1) is 24.3 Å². The smallest absolute Gasteiger partial charge is 0.221 e. The number of thiophene rings is 1. The van der Waals surface area contributed by atoms with Crippen molar-refractivity contribution < 1.29 is 14.1 Å². The van der Waals surface area contributed by atoms with Crippen molar-refractivity contribution >= 4 is 23.2 Å². The van der Waals surface area contributed by atoms with Gasteiger partial charge in [0, 0.05) is 11.1 Å². The van der Waals surface area contributed by atoms with Crippen molar-refractivity contribution in [2.75, 3.05) is 0 Å². The average Bonchev–Trinajstić information content (AvgIpc) is 3.43. The number of rotatable bonds is 3. The van der Waals surface area contributed by atoms with Crippen LogP contribution in [-0.2, 0) is 0 Å². The van der Waals surface area contributed by atoms with Crippen LogP contribution >= 0.6 is 11.3 Å². The van der Waals surface area contributed by atoms with Crippen LogP contribution in [0, 0.1) is 33.9 Å². The third kappa shape index (κ3) is 2.77. The van der Waals surface area contributed by atoms with Gasteiger partial charge < -0.3 is 0 Å². The van der Waals surface area contributed by atoms with Gasteiger partial charge in [-0.15, -0.1) is 0 Å². The van der Waals surface area contributed by atoms with E-state index in [1.165, 1.54) is 35.6 Å². The van der Waals surface area contributed by atoms with Crippen LogP contribution in [0.1, 0.15) is 39.0 Å². The van der Waals surface area contributed by atoms with Gasteiger partial charge in [0.25, 0.3) is 0 Å². The van der Waals surface area contributed by atoms with Crippen molar-refractivity contribution in [1.82, 2.24) is 0 Å². The summed E-state index contributed by atoms with van der Waals surface area (Å²) in [6.07, 6.45) is 3.84. The number of Topliss-reactive ketones (excluding diaryl/α,β-unsaturated/α-hetero) is 1. The van der Waals surface area contributed by atoms with E-state index in [-0.39, 0.29) is 5.78 Å². The molecule has 150 valence electrons. The largest absolute Gasteiger partial charge is 0.291 e. The van der Waals surface area contributed by atoms with Gasteiger partial charge in [-0.2, -0.15) is 21.9 Å². The van der Waals surface area contributed by atoms with Crippen molar-refractivity contribution in [3.05, 3.63) is 99.6 Å². The highest BCUT2D eigenvalue weighted by atomic mass is 32.1. The van der Waals surface area contributed by atoms with Crippen LogP contribution in [-0.4, -0.2) is 11.8 Å². The lowest BCUT2D eigenvalue weighted by molar-refractivity contribution is -0.885. The number of benzene rings is 2. The Bertz CT molecular complexity index is 1250. The molecule has 0 spiro atoms. The number of hydrogen-bond donors (Lipinski definition) is 1. The Kier molecular flexibility index (Phi) is 4.55. The number of nitrogens with one attached hydrogen (secondary N) is 1. The summed E-state index contributed by atoms with van der Waals surface area (Å²) in [5, 5.41) is 24.6. The molecule has 1 unspecified atom stereocenters. The molecule has 1 N–H and O–H groups in total. The molecule has 1 aromatic heterocycles. The van der Waals surface area contributed by atoms with Crippen LogP contribution in [0.4, 0.5) is 4.39 Å². The second kappa shape index (κ2) is 7.28. The highest BCUT2D eigenvalue weighted by Gasteiger charge is 2.68. The zero-order valence-corrected chi connectivity index (χ0v) is 17.1. The number of ketones is 1. The Balaban J connectivity index is 1.75. The molecule has 0 saturated carbocycles. The molecule has 2 aliphatic heterocycles. The molecule has 5 rings (SSSR count). The van der Waals surface area contributed by atoms with E-state index >= 15 is 0 Å². The number of nitrogens with zero attached hydrogens (tertiary/aromatic N) is 2. The predicted octanol–water partition coefficient (Wildman–Crippen LogP) is 3.88. The minimum atomic E-state index is -1.43. The zero-order chi connectivity index (χ0) is 21.6. The van der Waals surface area contributed by atoms with Gasteiger partial charge in [0.1, 0.15) is 5.82 Å². The Hall–Kier alpha value is -3.58. The van der Waals surface area contributed by atoms with Gasteiger partial charge in [-0.3, -0.25) is 9.69 Å². The van der Waals surface area contributed by atoms with Crippen molar-refractivity contribution in [1.29, 1.82) is 10.5 Å². The van der Waals surface area contributed by atoms with Gasteiger partial charge >= 0.3 is 0 Å². The number of carbonyl (C=O) groups excluding carboxylic acids is 1. The van der Waals surface area contributed by atoms with Crippen LogP contribution in [0.2, 0.25) is 0 Å². The molecular weight excluding hydrogens is 409 g/mol. The Labute approximate surface area is 183 Å². The summed E-state index contributed by atoms with van der Waals surface area (Å²) in [7, 11) is 0. The predicted molar refractivity (Wildman–Crippen MR) is 114 cm³/mol. The molecule has 2 aliphatic rings. The van der Waals surface area contributed by atoms with Gasteiger partial charge in [0.15, 0.2) is 12.1 Å². The molecule has 3 aromatic rings. The third-order valence-corrected chi connectivity index (χ3v) is 7.12. The second-order valence-corrected chi connectivity index (χ2v) is 8.65. The molecule has 1 saturated heterocycles. The fourth-order valence-electron chi connectivity index (χ4n) is 5.11. The minimum Gasteiger partial charge on any atom is -0.291 e.